The number of nitrogens with one attached hydrogen (secondary N) is 1. The highest BCUT2D eigenvalue weighted by molar-refractivity contribution is 5.60. The van der Waals surface area contributed by atoms with Crippen LogP contribution in [0, 0.1) is 0 Å². The number of rotatable bonds is 3. The standard InChI is InChI=1S/C10H14N2/c1-8(11)10-5-3-9(4-6-10)7-12-2/h3-6,12H,1,7,11H2,2H3. The first kappa shape index (κ1) is 8.81. The molecule has 0 heterocycles. The molecule has 0 aromatic heterocycles. The van der Waals surface area contributed by atoms with Crippen molar-refractivity contribution in [3.63, 3.8) is 0 Å². The van der Waals surface area contributed by atoms with E-state index in [1.165, 1.54) is 5.56 Å². The van der Waals surface area contributed by atoms with Gasteiger partial charge in [0.15, 0.2) is 0 Å². The quantitative estimate of drug-likeness (QED) is 0.703. The summed E-state index contributed by atoms with van der Waals surface area (Å²) in [6, 6.07) is 8.05. The summed E-state index contributed by atoms with van der Waals surface area (Å²) >= 11 is 0. The molecule has 0 saturated carbocycles. The summed E-state index contributed by atoms with van der Waals surface area (Å²) in [7, 11) is 1.93. The number of nitrogens with two attached hydrogens (primary N) is 1. The van der Waals surface area contributed by atoms with Gasteiger partial charge in [-0.25, -0.2) is 0 Å². The third-order valence-electron chi connectivity index (χ3n) is 1.71. The van der Waals surface area contributed by atoms with Crippen LogP contribution >= 0.6 is 0 Å². The van der Waals surface area contributed by atoms with Gasteiger partial charge in [0.05, 0.1) is 0 Å². The van der Waals surface area contributed by atoms with Crippen molar-refractivity contribution in [2.24, 2.45) is 5.73 Å². The van der Waals surface area contributed by atoms with Crippen molar-refractivity contribution in [3.8, 4) is 0 Å². The maximum Gasteiger partial charge on any atom is 0.0314 e. The fourth-order valence-corrected chi connectivity index (χ4v) is 1.04. The molecule has 0 atom stereocenters. The number of benzene rings is 1. The van der Waals surface area contributed by atoms with Gasteiger partial charge in [-0.05, 0) is 18.2 Å². The monoisotopic (exact) mass is 162 g/mol. The van der Waals surface area contributed by atoms with Crippen LogP contribution in [-0.2, 0) is 6.54 Å². The lowest BCUT2D eigenvalue weighted by Gasteiger charge is -2.02. The Bertz CT molecular complexity index is 262. The average molecular weight is 162 g/mol. The van der Waals surface area contributed by atoms with Gasteiger partial charge in [-0.15, -0.1) is 0 Å². The Labute approximate surface area is 73.1 Å². The molecule has 0 fully saturated rings. The summed E-state index contributed by atoms with van der Waals surface area (Å²) in [5, 5.41) is 3.08. The topological polar surface area (TPSA) is 38.0 Å². The second-order valence-electron chi connectivity index (χ2n) is 2.75. The smallest absolute Gasteiger partial charge is 0.0314 e. The van der Waals surface area contributed by atoms with E-state index in [2.05, 4.69) is 11.9 Å². The van der Waals surface area contributed by atoms with Gasteiger partial charge in [0.1, 0.15) is 0 Å². The third-order valence-corrected chi connectivity index (χ3v) is 1.71. The first-order valence-corrected chi connectivity index (χ1v) is 3.92. The number of hydrogen-bond acceptors (Lipinski definition) is 2. The third kappa shape index (κ3) is 2.10. The Balaban J connectivity index is 2.78. The van der Waals surface area contributed by atoms with Gasteiger partial charge >= 0.3 is 0 Å². The van der Waals surface area contributed by atoms with E-state index in [0.717, 1.165) is 12.1 Å². The van der Waals surface area contributed by atoms with Crippen LogP contribution in [0.25, 0.3) is 5.70 Å². The van der Waals surface area contributed by atoms with E-state index < -0.39 is 0 Å². The summed E-state index contributed by atoms with van der Waals surface area (Å²) in [5.41, 5.74) is 8.39. The molecule has 0 radical (unpaired) electrons. The van der Waals surface area contributed by atoms with E-state index in [4.69, 9.17) is 5.73 Å². The molecule has 2 heteroatoms. The van der Waals surface area contributed by atoms with Crippen LogP contribution in [0.4, 0.5) is 0 Å². The Morgan fingerprint density at radius 1 is 1.42 bits per heavy atom. The van der Waals surface area contributed by atoms with Crippen molar-refractivity contribution in [2.45, 2.75) is 6.54 Å². The van der Waals surface area contributed by atoms with E-state index in [1.807, 2.05) is 31.3 Å². The largest absolute Gasteiger partial charge is 0.399 e. The van der Waals surface area contributed by atoms with Crippen LogP contribution in [0.3, 0.4) is 0 Å². The molecule has 0 aliphatic carbocycles. The van der Waals surface area contributed by atoms with Crippen molar-refractivity contribution in [1.29, 1.82) is 0 Å². The SMILES string of the molecule is C=C(N)c1ccc(CNC)cc1. The second-order valence-corrected chi connectivity index (χ2v) is 2.75. The van der Waals surface area contributed by atoms with E-state index in [1.54, 1.807) is 0 Å². The first-order chi connectivity index (χ1) is 5.74. The molecule has 1 aromatic rings. The minimum absolute atomic E-state index is 0.617. The molecule has 3 N–H and O–H groups in total. The van der Waals surface area contributed by atoms with Gasteiger partial charge in [-0.3, -0.25) is 0 Å². The lowest BCUT2D eigenvalue weighted by molar-refractivity contribution is 0.818. The molecule has 1 rings (SSSR count). The zero-order chi connectivity index (χ0) is 8.97. The van der Waals surface area contributed by atoms with Crippen molar-refractivity contribution in [2.75, 3.05) is 7.05 Å². The van der Waals surface area contributed by atoms with Crippen LogP contribution in [0.5, 0.6) is 0 Å². The molecular formula is C10H14N2. The maximum absolute atomic E-state index is 5.53. The first-order valence-electron chi connectivity index (χ1n) is 3.92. The highest BCUT2D eigenvalue weighted by atomic mass is 14.8. The summed E-state index contributed by atoms with van der Waals surface area (Å²) in [4.78, 5) is 0. The van der Waals surface area contributed by atoms with Crippen molar-refractivity contribution in [1.82, 2.24) is 5.32 Å². The summed E-state index contributed by atoms with van der Waals surface area (Å²) in [6.45, 7) is 4.55. The zero-order valence-electron chi connectivity index (χ0n) is 7.30. The Morgan fingerprint density at radius 2 is 2.00 bits per heavy atom. The van der Waals surface area contributed by atoms with Gasteiger partial charge in [0, 0.05) is 12.2 Å². The van der Waals surface area contributed by atoms with Gasteiger partial charge in [0.2, 0.25) is 0 Å². The highest BCUT2D eigenvalue weighted by Crippen LogP contribution is 2.08. The van der Waals surface area contributed by atoms with E-state index in [9.17, 15) is 0 Å². The second kappa shape index (κ2) is 3.93. The zero-order valence-corrected chi connectivity index (χ0v) is 7.30. The van der Waals surface area contributed by atoms with Crippen molar-refractivity contribution < 1.29 is 0 Å². The lowest BCUT2D eigenvalue weighted by atomic mass is 10.1. The molecular weight excluding hydrogens is 148 g/mol. The molecule has 0 saturated heterocycles. The predicted octanol–water partition coefficient (Wildman–Crippen LogP) is 1.34. The minimum Gasteiger partial charge on any atom is -0.399 e. The van der Waals surface area contributed by atoms with E-state index in [-0.39, 0.29) is 0 Å². The highest BCUT2D eigenvalue weighted by Gasteiger charge is 1.93. The predicted molar refractivity (Wildman–Crippen MR) is 52.4 cm³/mol. The molecule has 0 amide bonds. The minimum atomic E-state index is 0.617. The molecule has 2 nitrogen and oxygen atoms in total. The maximum atomic E-state index is 5.53. The van der Waals surface area contributed by atoms with Gasteiger partial charge in [0.25, 0.3) is 0 Å². The average Bonchev–Trinajstić information content (AvgIpc) is 2.06. The van der Waals surface area contributed by atoms with Gasteiger partial charge in [-0.2, -0.15) is 0 Å². The molecule has 0 bridgehead atoms. The van der Waals surface area contributed by atoms with Gasteiger partial charge < -0.3 is 11.1 Å². The van der Waals surface area contributed by atoms with Crippen LogP contribution < -0.4 is 11.1 Å². The normalized spacial score (nSPS) is 9.75. The lowest BCUT2D eigenvalue weighted by Crippen LogP contribution is -2.04. The fourth-order valence-electron chi connectivity index (χ4n) is 1.04. The molecule has 0 unspecified atom stereocenters. The molecule has 64 valence electrons. The van der Waals surface area contributed by atoms with Crippen LogP contribution in [0.2, 0.25) is 0 Å². The Morgan fingerprint density at radius 3 is 2.42 bits per heavy atom. The van der Waals surface area contributed by atoms with Crippen molar-refractivity contribution >= 4 is 5.70 Å². The van der Waals surface area contributed by atoms with Crippen LogP contribution in [0.1, 0.15) is 11.1 Å². The van der Waals surface area contributed by atoms with Crippen LogP contribution in [-0.4, -0.2) is 7.05 Å². The Hall–Kier alpha value is -1.28. The van der Waals surface area contributed by atoms with Crippen LogP contribution in [0.15, 0.2) is 30.8 Å². The molecule has 0 aliphatic heterocycles. The summed E-state index contributed by atoms with van der Waals surface area (Å²) in [5.74, 6) is 0. The van der Waals surface area contributed by atoms with E-state index in [0.29, 0.717) is 5.70 Å². The molecule has 12 heavy (non-hydrogen) atoms. The van der Waals surface area contributed by atoms with E-state index >= 15 is 0 Å². The van der Waals surface area contributed by atoms with Crippen molar-refractivity contribution in [3.05, 3.63) is 42.0 Å². The fraction of sp³-hybridized carbons (Fsp3) is 0.200. The molecule has 0 spiro atoms. The summed E-state index contributed by atoms with van der Waals surface area (Å²) in [6.07, 6.45) is 0. The molecule has 1 aromatic carbocycles. The Kier molecular flexibility index (Phi) is 2.88. The number of hydrogen-bond donors (Lipinski definition) is 2. The van der Waals surface area contributed by atoms with Gasteiger partial charge in [-0.1, -0.05) is 30.8 Å². The summed E-state index contributed by atoms with van der Waals surface area (Å²) < 4.78 is 0. The molecule has 0 aliphatic rings.